The van der Waals surface area contributed by atoms with Crippen LogP contribution in [0.3, 0.4) is 0 Å². The van der Waals surface area contributed by atoms with E-state index in [1.165, 1.54) is 13.8 Å². The molecule has 0 spiro atoms. The molecule has 14 nitrogen and oxygen atoms in total. The number of rotatable bonds is 13. The zero-order chi connectivity index (χ0) is 23.4. The third kappa shape index (κ3) is 10.5. The van der Waals surface area contributed by atoms with Crippen LogP contribution in [0, 0.1) is 0 Å². The zero-order valence-electron chi connectivity index (χ0n) is 16.9. The van der Waals surface area contributed by atoms with Crippen molar-refractivity contribution in [3.05, 3.63) is 0 Å². The molecule has 0 bridgehead atoms. The first-order valence-corrected chi connectivity index (χ1v) is 9.14. The van der Waals surface area contributed by atoms with Gasteiger partial charge in [0, 0.05) is 6.54 Å². The minimum atomic E-state index is -1.58. The molecule has 0 aromatic rings. The van der Waals surface area contributed by atoms with Crippen LogP contribution in [0.2, 0.25) is 0 Å². The van der Waals surface area contributed by atoms with E-state index >= 15 is 0 Å². The average Bonchev–Trinajstić information content (AvgIpc) is 2.64. The van der Waals surface area contributed by atoms with Crippen molar-refractivity contribution in [2.75, 3.05) is 13.1 Å². The van der Waals surface area contributed by atoms with Gasteiger partial charge in [0.25, 0.3) is 0 Å². The first kappa shape index (κ1) is 27.0. The second kappa shape index (κ2) is 13.3. The van der Waals surface area contributed by atoms with Crippen molar-refractivity contribution >= 4 is 29.7 Å². The van der Waals surface area contributed by atoms with Crippen LogP contribution in [0.5, 0.6) is 0 Å². The summed E-state index contributed by atoms with van der Waals surface area (Å²) in [5.41, 5.74) is 15.9. The number of hydrogen-bond donors (Lipinski definition) is 9. The molecule has 0 saturated carbocycles. The van der Waals surface area contributed by atoms with Crippen LogP contribution < -0.4 is 33.2 Å². The zero-order valence-corrected chi connectivity index (χ0v) is 16.9. The number of aliphatic hydroxyl groups is 2. The first-order chi connectivity index (χ1) is 13.9. The normalized spacial score (nSPS) is 15.6. The molecule has 5 atom stereocenters. The van der Waals surface area contributed by atoms with Crippen molar-refractivity contribution in [1.82, 2.24) is 16.0 Å². The number of aliphatic imine (C=N–C) groups is 1. The SMILES string of the molecule is C[C@@H](O)[C@H](N)C(=O)NCC(=O)N[C@@H](CCCN=C(N)N)C(=O)N[C@H](C(=O)O)[C@@H](C)O. The van der Waals surface area contributed by atoms with E-state index in [1.54, 1.807) is 0 Å². The van der Waals surface area contributed by atoms with E-state index < -0.39 is 60.6 Å². The van der Waals surface area contributed by atoms with Gasteiger partial charge >= 0.3 is 5.97 Å². The second-order valence-electron chi connectivity index (χ2n) is 6.62. The summed E-state index contributed by atoms with van der Waals surface area (Å²) in [5.74, 6) is -3.99. The molecule has 0 aliphatic carbocycles. The fourth-order valence-electron chi connectivity index (χ4n) is 2.16. The van der Waals surface area contributed by atoms with Crippen LogP contribution >= 0.6 is 0 Å². The number of nitrogens with zero attached hydrogens (tertiary/aromatic N) is 1. The molecule has 0 fully saturated rings. The Kier molecular flexibility index (Phi) is 12.0. The topological polar surface area (TPSA) is 255 Å². The van der Waals surface area contributed by atoms with Crippen LogP contribution in [-0.4, -0.2) is 88.4 Å². The summed E-state index contributed by atoms with van der Waals surface area (Å²) >= 11 is 0. The lowest BCUT2D eigenvalue weighted by molar-refractivity contribution is -0.145. The molecular formula is C16H31N7O7. The highest BCUT2D eigenvalue weighted by molar-refractivity contribution is 5.92. The molecule has 12 N–H and O–H groups in total. The molecule has 0 aliphatic heterocycles. The Morgan fingerprint density at radius 3 is 2.07 bits per heavy atom. The van der Waals surface area contributed by atoms with Gasteiger partial charge in [-0.25, -0.2) is 4.79 Å². The number of carbonyl (C=O) groups is 4. The minimum Gasteiger partial charge on any atom is -0.480 e. The fraction of sp³-hybridized carbons (Fsp3) is 0.688. The summed E-state index contributed by atoms with van der Waals surface area (Å²) in [6.45, 7) is 2.12. The van der Waals surface area contributed by atoms with Gasteiger partial charge in [-0.2, -0.15) is 0 Å². The molecule has 3 amide bonds. The van der Waals surface area contributed by atoms with Gasteiger partial charge in [0.05, 0.1) is 18.8 Å². The van der Waals surface area contributed by atoms with Crippen molar-refractivity contribution in [3.63, 3.8) is 0 Å². The third-order valence-electron chi connectivity index (χ3n) is 3.89. The highest BCUT2D eigenvalue weighted by atomic mass is 16.4. The monoisotopic (exact) mass is 433 g/mol. The summed E-state index contributed by atoms with van der Waals surface area (Å²) in [4.78, 5) is 51.1. The van der Waals surface area contributed by atoms with Crippen LogP contribution in [0.1, 0.15) is 26.7 Å². The molecule has 0 radical (unpaired) electrons. The smallest absolute Gasteiger partial charge is 0.328 e. The van der Waals surface area contributed by atoms with Crippen LogP contribution in [0.15, 0.2) is 4.99 Å². The van der Waals surface area contributed by atoms with E-state index in [0.29, 0.717) is 0 Å². The standard InChI is InChI=1S/C16H31N7O7/c1-7(24)11(17)14(28)21-6-10(26)22-9(4-3-5-20-16(18)19)13(27)23-12(8(2)25)15(29)30/h7-9,11-12,24-25H,3-6,17H2,1-2H3,(H,21,28)(H,22,26)(H,23,27)(H,29,30)(H4,18,19,20)/t7-,8-,9+,11+,12+/m1/s1. The van der Waals surface area contributed by atoms with Gasteiger partial charge in [-0.05, 0) is 26.7 Å². The van der Waals surface area contributed by atoms with Crippen LogP contribution in [0.4, 0.5) is 0 Å². The number of aliphatic carboxylic acids is 1. The number of carboxylic acid groups (broad SMARTS) is 1. The maximum absolute atomic E-state index is 12.4. The number of hydrogen-bond acceptors (Lipinski definition) is 8. The Bertz CT molecular complexity index is 635. The largest absolute Gasteiger partial charge is 0.480 e. The summed E-state index contributed by atoms with van der Waals surface area (Å²) in [5, 5.41) is 34.6. The Balaban J connectivity index is 5.04. The second-order valence-corrected chi connectivity index (χ2v) is 6.62. The Morgan fingerprint density at radius 2 is 1.60 bits per heavy atom. The van der Waals surface area contributed by atoms with Crippen molar-refractivity contribution in [3.8, 4) is 0 Å². The first-order valence-electron chi connectivity index (χ1n) is 9.14. The lowest BCUT2D eigenvalue weighted by Gasteiger charge is -2.23. The molecule has 30 heavy (non-hydrogen) atoms. The van der Waals surface area contributed by atoms with Gasteiger partial charge in [-0.15, -0.1) is 0 Å². The maximum atomic E-state index is 12.4. The molecule has 0 aromatic heterocycles. The van der Waals surface area contributed by atoms with E-state index in [0.717, 1.165) is 0 Å². The van der Waals surface area contributed by atoms with Crippen molar-refractivity contribution in [1.29, 1.82) is 0 Å². The molecule has 14 heteroatoms. The fourth-order valence-corrected chi connectivity index (χ4v) is 2.16. The Hall–Kier alpha value is -2.97. The average molecular weight is 433 g/mol. The molecule has 0 heterocycles. The lowest BCUT2D eigenvalue weighted by Crippen LogP contribution is -2.56. The molecular weight excluding hydrogens is 402 g/mol. The summed E-state index contributed by atoms with van der Waals surface area (Å²) in [6, 6.07) is -4.01. The van der Waals surface area contributed by atoms with E-state index in [9.17, 15) is 29.4 Å². The maximum Gasteiger partial charge on any atom is 0.328 e. The predicted molar refractivity (Wildman–Crippen MR) is 106 cm³/mol. The van der Waals surface area contributed by atoms with E-state index in [1.807, 2.05) is 0 Å². The lowest BCUT2D eigenvalue weighted by atomic mass is 10.1. The van der Waals surface area contributed by atoms with Crippen molar-refractivity contribution < 1.29 is 34.5 Å². The summed E-state index contributed by atoms with van der Waals surface area (Å²) < 4.78 is 0. The van der Waals surface area contributed by atoms with E-state index in [2.05, 4.69) is 20.9 Å². The molecule has 0 unspecified atom stereocenters. The number of nitrogens with two attached hydrogens (primary N) is 3. The highest BCUT2D eigenvalue weighted by Crippen LogP contribution is 2.02. The summed E-state index contributed by atoms with van der Waals surface area (Å²) in [6.07, 6.45) is -2.20. The number of nitrogens with one attached hydrogen (secondary N) is 3. The molecule has 172 valence electrons. The summed E-state index contributed by atoms with van der Waals surface area (Å²) in [7, 11) is 0. The van der Waals surface area contributed by atoms with Crippen LogP contribution in [-0.2, 0) is 19.2 Å². The van der Waals surface area contributed by atoms with Gasteiger partial charge in [-0.3, -0.25) is 19.4 Å². The van der Waals surface area contributed by atoms with Gasteiger partial charge < -0.3 is 48.5 Å². The number of amides is 3. The van der Waals surface area contributed by atoms with Crippen LogP contribution in [0.25, 0.3) is 0 Å². The molecule has 0 aromatic carbocycles. The number of carbonyl (C=O) groups excluding carboxylic acids is 3. The van der Waals surface area contributed by atoms with Crippen molar-refractivity contribution in [2.45, 2.75) is 57.0 Å². The number of carboxylic acids is 1. The third-order valence-corrected chi connectivity index (χ3v) is 3.89. The van der Waals surface area contributed by atoms with E-state index in [-0.39, 0.29) is 25.3 Å². The quantitative estimate of drug-likeness (QED) is 0.0761. The number of guanidine groups is 1. The molecule has 0 aliphatic rings. The minimum absolute atomic E-state index is 0.0433. The van der Waals surface area contributed by atoms with Gasteiger partial charge in [0.15, 0.2) is 12.0 Å². The van der Waals surface area contributed by atoms with Gasteiger partial charge in [-0.1, -0.05) is 0 Å². The molecule has 0 saturated heterocycles. The van der Waals surface area contributed by atoms with Crippen molar-refractivity contribution in [2.24, 2.45) is 22.2 Å². The molecule has 0 rings (SSSR count). The van der Waals surface area contributed by atoms with E-state index in [4.69, 9.17) is 22.3 Å². The Labute approximate surface area is 173 Å². The van der Waals surface area contributed by atoms with Gasteiger partial charge in [0.2, 0.25) is 17.7 Å². The predicted octanol–water partition coefficient (Wildman–Crippen LogP) is -4.70. The Morgan fingerprint density at radius 1 is 1.00 bits per heavy atom. The highest BCUT2D eigenvalue weighted by Gasteiger charge is 2.29. The van der Waals surface area contributed by atoms with Gasteiger partial charge in [0.1, 0.15) is 12.1 Å². The number of aliphatic hydroxyl groups excluding tert-OH is 2.